The van der Waals surface area contributed by atoms with Gasteiger partial charge in [-0.2, -0.15) is 18.4 Å². The summed E-state index contributed by atoms with van der Waals surface area (Å²) in [5, 5.41) is 9.19. The van der Waals surface area contributed by atoms with Crippen molar-refractivity contribution in [1.82, 2.24) is 19.4 Å². The van der Waals surface area contributed by atoms with Crippen LogP contribution in [0.1, 0.15) is 47.9 Å². The number of alkyl halides is 3. The Hall–Kier alpha value is -3.87. The van der Waals surface area contributed by atoms with Crippen LogP contribution in [0.3, 0.4) is 0 Å². The number of aromatic nitrogens is 2. The molecule has 2 fully saturated rings. The molecule has 1 aromatic heterocycles. The van der Waals surface area contributed by atoms with E-state index in [4.69, 9.17) is 0 Å². The molecule has 2 aliphatic heterocycles. The highest BCUT2D eigenvalue weighted by atomic mass is 19.4. The number of carbonyl (C=O) groups excluding carboxylic acids is 1. The Kier molecular flexibility index (Phi) is 7.11. The van der Waals surface area contributed by atoms with E-state index in [0.717, 1.165) is 17.7 Å². The fourth-order valence-electron chi connectivity index (χ4n) is 5.40. The summed E-state index contributed by atoms with van der Waals surface area (Å²) in [6.07, 6.45) is 0.683. The first-order chi connectivity index (χ1) is 18.2. The highest BCUT2D eigenvalue weighted by Crippen LogP contribution is 2.38. The summed E-state index contributed by atoms with van der Waals surface area (Å²) < 4.78 is 55.3. The second-order valence-electron chi connectivity index (χ2n) is 9.98. The molecule has 2 atom stereocenters. The van der Waals surface area contributed by atoms with Gasteiger partial charge >= 0.3 is 12.2 Å². The van der Waals surface area contributed by atoms with E-state index in [0.29, 0.717) is 56.8 Å². The Bertz CT molecular complexity index is 1320. The first kappa shape index (κ1) is 25.8. The first-order valence-corrected chi connectivity index (χ1v) is 12.6. The SMILES string of the molecule is N#CC1CCN(C(=O)N2CC(c3ccc(C(F)(F)F)cc3)CC(c3cn(-c4ccccc4F)cn3)C2)CC1. The van der Waals surface area contributed by atoms with Gasteiger partial charge in [0.2, 0.25) is 0 Å². The van der Waals surface area contributed by atoms with E-state index in [2.05, 4.69) is 11.1 Å². The fourth-order valence-corrected chi connectivity index (χ4v) is 5.40. The maximum absolute atomic E-state index is 14.3. The van der Waals surface area contributed by atoms with Crippen LogP contribution in [0.2, 0.25) is 0 Å². The molecule has 0 aliphatic carbocycles. The minimum atomic E-state index is -4.43. The number of piperidine rings is 2. The Morgan fingerprint density at radius 1 is 0.974 bits per heavy atom. The molecular weight excluding hydrogens is 498 g/mol. The number of nitrogens with zero attached hydrogens (tertiary/aromatic N) is 5. The fraction of sp³-hybridized carbons (Fsp3) is 0.393. The molecule has 38 heavy (non-hydrogen) atoms. The van der Waals surface area contributed by atoms with Crippen molar-refractivity contribution in [3.8, 4) is 11.8 Å². The second kappa shape index (κ2) is 10.5. The zero-order valence-corrected chi connectivity index (χ0v) is 20.6. The number of carbonyl (C=O) groups is 1. The molecule has 0 saturated carbocycles. The average molecular weight is 526 g/mol. The number of halogens is 4. The Balaban J connectivity index is 1.41. The molecule has 5 rings (SSSR count). The molecule has 0 bridgehead atoms. The topological polar surface area (TPSA) is 65.2 Å². The number of hydrogen-bond donors (Lipinski definition) is 0. The standard InChI is InChI=1S/C28H27F4N5O/c29-24-3-1-2-4-26(24)37-17-25(34-18-37)22-13-21(20-5-7-23(8-6-20)28(30,31)32)15-36(16-22)27(38)35-11-9-19(14-33)10-12-35/h1-8,17-19,21-22H,9-13,15-16H2. The van der Waals surface area contributed by atoms with Gasteiger partial charge in [0.05, 0.1) is 29.3 Å². The molecule has 2 amide bonds. The van der Waals surface area contributed by atoms with E-state index in [1.54, 1.807) is 38.8 Å². The largest absolute Gasteiger partial charge is 0.416 e. The average Bonchev–Trinajstić information content (AvgIpc) is 3.42. The van der Waals surface area contributed by atoms with Crippen LogP contribution in [-0.4, -0.2) is 51.6 Å². The number of imidazole rings is 1. The molecule has 2 aliphatic rings. The molecule has 2 saturated heterocycles. The summed E-state index contributed by atoms with van der Waals surface area (Å²) in [5.41, 5.74) is 1.04. The van der Waals surface area contributed by atoms with E-state index in [1.807, 2.05) is 0 Å². The quantitative estimate of drug-likeness (QED) is 0.397. The first-order valence-electron chi connectivity index (χ1n) is 12.6. The molecule has 3 aromatic rings. The number of nitriles is 1. The normalized spacial score (nSPS) is 20.8. The summed E-state index contributed by atoms with van der Waals surface area (Å²) in [6, 6.07) is 13.6. The lowest BCUT2D eigenvalue weighted by atomic mass is 9.83. The van der Waals surface area contributed by atoms with Crippen LogP contribution < -0.4 is 0 Å². The van der Waals surface area contributed by atoms with Crippen LogP contribution in [-0.2, 0) is 6.18 Å². The van der Waals surface area contributed by atoms with Crippen molar-refractivity contribution >= 4 is 6.03 Å². The third-order valence-electron chi connectivity index (χ3n) is 7.53. The number of urea groups is 1. The van der Waals surface area contributed by atoms with Gasteiger partial charge in [0, 0.05) is 50.1 Å². The lowest BCUT2D eigenvalue weighted by Crippen LogP contribution is -2.51. The van der Waals surface area contributed by atoms with Gasteiger partial charge in [-0.1, -0.05) is 24.3 Å². The van der Waals surface area contributed by atoms with Crippen molar-refractivity contribution in [2.45, 2.75) is 37.3 Å². The van der Waals surface area contributed by atoms with Crippen LogP contribution in [0.25, 0.3) is 5.69 Å². The Morgan fingerprint density at radius 2 is 1.66 bits per heavy atom. The molecule has 2 aromatic carbocycles. The monoisotopic (exact) mass is 525 g/mol. The summed E-state index contributed by atoms with van der Waals surface area (Å²) >= 11 is 0. The van der Waals surface area contributed by atoms with Gasteiger partial charge in [-0.25, -0.2) is 14.2 Å². The molecule has 3 heterocycles. The van der Waals surface area contributed by atoms with Crippen LogP contribution >= 0.6 is 0 Å². The molecule has 2 unspecified atom stereocenters. The van der Waals surface area contributed by atoms with Crippen molar-refractivity contribution in [1.29, 1.82) is 5.26 Å². The smallest absolute Gasteiger partial charge is 0.325 e. The van der Waals surface area contributed by atoms with Crippen molar-refractivity contribution in [3.63, 3.8) is 0 Å². The summed E-state index contributed by atoms with van der Waals surface area (Å²) in [7, 11) is 0. The third kappa shape index (κ3) is 5.37. The summed E-state index contributed by atoms with van der Waals surface area (Å²) in [5.74, 6) is -0.837. The predicted octanol–water partition coefficient (Wildman–Crippen LogP) is 5.96. The van der Waals surface area contributed by atoms with Crippen LogP contribution in [0.4, 0.5) is 22.4 Å². The highest BCUT2D eigenvalue weighted by Gasteiger charge is 2.36. The van der Waals surface area contributed by atoms with Gasteiger partial charge < -0.3 is 14.4 Å². The molecular formula is C28H27F4N5O. The number of amides is 2. The molecule has 198 valence electrons. The van der Waals surface area contributed by atoms with E-state index in [9.17, 15) is 27.6 Å². The van der Waals surface area contributed by atoms with Crippen molar-refractivity contribution in [2.24, 2.45) is 5.92 Å². The number of likely N-dealkylation sites (tertiary alicyclic amines) is 2. The number of para-hydroxylation sites is 1. The van der Waals surface area contributed by atoms with Gasteiger partial charge in [0.15, 0.2) is 0 Å². The Morgan fingerprint density at radius 3 is 2.32 bits per heavy atom. The lowest BCUT2D eigenvalue weighted by molar-refractivity contribution is -0.137. The van der Waals surface area contributed by atoms with Gasteiger partial charge in [-0.3, -0.25) is 0 Å². The van der Waals surface area contributed by atoms with Crippen LogP contribution in [0.5, 0.6) is 0 Å². The number of rotatable bonds is 3. The van der Waals surface area contributed by atoms with Gasteiger partial charge in [0.25, 0.3) is 0 Å². The molecule has 0 radical (unpaired) electrons. The predicted molar refractivity (Wildman–Crippen MR) is 132 cm³/mol. The lowest BCUT2D eigenvalue weighted by Gasteiger charge is -2.41. The van der Waals surface area contributed by atoms with Crippen LogP contribution in [0, 0.1) is 23.1 Å². The summed E-state index contributed by atoms with van der Waals surface area (Å²) in [6.45, 7) is 1.74. The maximum atomic E-state index is 14.3. The number of benzene rings is 2. The van der Waals surface area contributed by atoms with E-state index in [-0.39, 0.29) is 29.6 Å². The highest BCUT2D eigenvalue weighted by molar-refractivity contribution is 5.75. The van der Waals surface area contributed by atoms with Crippen molar-refractivity contribution in [3.05, 3.63) is 83.7 Å². The number of hydrogen-bond acceptors (Lipinski definition) is 3. The second-order valence-corrected chi connectivity index (χ2v) is 9.98. The van der Waals surface area contributed by atoms with E-state index < -0.39 is 11.7 Å². The van der Waals surface area contributed by atoms with Crippen LogP contribution in [0.15, 0.2) is 61.1 Å². The zero-order chi connectivity index (χ0) is 26.9. The molecule has 10 heteroatoms. The molecule has 0 spiro atoms. The van der Waals surface area contributed by atoms with Crippen molar-refractivity contribution in [2.75, 3.05) is 26.2 Å². The van der Waals surface area contributed by atoms with E-state index >= 15 is 0 Å². The maximum Gasteiger partial charge on any atom is 0.416 e. The molecule has 0 N–H and O–H groups in total. The minimum Gasteiger partial charge on any atom is -0.325 e. The van der Waals surface area contributed by atoms with Gasteiger partial charge in [-0.15, -0.1) is 0 Å². The van der Waals surface area contributed by atoms with Gasteiger partial charge in [0.1, 0.15) is 5.82 Å². The van der Waals surface area contributed by atoms with E-state index in [1.165, 1.54) is 24.5 Å². The van der Waals surface area contributed by atoms with Crippen molar-refractivity contribution < 1.29 is 22.4 Å². The third-order valence-corrected chi connectivity index (χ3v) is 7.53. The zero-order valence-electron chi connectivity index (χ0n) is 20.6. The molecule has 6 nitrogen and oxygen atoms in total. The van der Waals surface area contributed by atoms with Gasteiger partial charge in [-0.05, 0) is 49.1 Å². The summed E-state index contributed by atoms with van der Waals surface area (Å²) in [4.78, 5) is 21.5. The minimum absolute atomic E-state index is 0.0598. The Labute approximate surface area is 218 Å².